The van der Waals surface area contributed by atoms with Gasteiger partial charge in [-0.3, -0.25) is 4.79 Å². The lowest BCUT2D eigenvalue weighted by molar-refractivity contribution is 0.102. The van der Waals surface area contributed by atoms with Crippen LogP contribution in [0.3, 0.4) is 0 Å². The summed E-state index contributed by atoms with van der Waals surface area (Å²) in [5.74, 6) is -0.104. The van der Waals surface area contributed by atoms with Crippen LogP contribution in [-0.4, -0.2) is 11.0 Å². The van der Waals surface area contributed by atoms with Crippen LogP contribution in [0.15, 0.2) is 40.9 Å². The van der Waals surface area contributed by atoms with Gasteiger partial charge in [-0.1, -0.05) is 28.1 Å². The maximum absolute atomic E-state index is 12.2. The van der Waals surface area contributed by atoms with E-state index < -0.39 is 0 Å². The van der Waals surface area contributed by atoms with Crippen molar-refractivity contribution in [3.05, 3.63) is 57.6 Å². The van der Waals surface area contributed by atoms with Crippen LogP contribution in [0.25, 0.3) is 0 Å². The van der Waals surface area contributed by atoms with Crippen LogP contribution in [-0.2, 0) is 0 Å². The number of nitrogens with one attached hydrogen (secondary N) is 1. The van der Waals surface area contributed by atoms with E-state index in [2.05, 4.69) is 21.2 Å². The summed E-state index contributed by atoms with van der Waals surface area (Å²) in [7, 11) is 0. The van der Waals surface area contributed by atoms with Gasteiger partial charge in [-0.25, -0.2) is 0 Å². The Balaban J connectivity index is 2.31. The van der Waals surface area contributed by atoms with E-state index in [9.17, 15) is 9.90 Å². The number of benzene rings is 2. The van der Waals surface area contributed by atoms with Gasteiger partial charge in [0.15, 0.2) is 0 Å². The molecule has 0 unspecified atom stereocenters. The van der Waals surface area contributed by atoms with Crippen molar-refractivity contribution in [2.75, 3.05) is 5.32 Å². The molecular weight excluding hydrogens is 306 g/mol. The second-order valence-electron chi connectivity index (χ2n) is 4.32. The van der Waals surface area contributed by atoms with E-state index in [1.165, 1.54) is 0 Å². The number of hydrogen-bond acceptors (Lipinski definition) is 2. The Morgan fingerprint density at radius 1 is 1.11 bits per heavy atom. The Kier molecular flexibility index (Phi) is 3.90. The smallest absolute Gasteiger partial charge is 0.256 e. The minimum Gasteiger partial charge on any atom is -0.508 e. The molecule has 2 aromatic carbocycles. The predicted molar refractivity (Wildman–Crippen MR) is 79.7 cm³/mol. The van der Waals surface area contributed by atoms with Crippen molar-refractivity contribution in [2.24, 2.45) is 0 Å². The first-order valence-electron chi connectivity index (χ1n) is 5.85. The normalized spacial score (nSPS) is 10.3. The van der Waals surface area contributed by atoms with Gasteiger partial charge >= 0.3 is 0 Å². The third-order valence-electron chi connectivity index (χ3n) is 3.07. The molecule has 0 saturated heterocycles. The molecule has 0 atom stereocenters. The zero-order chi connectivity index (χ0) is 14.0. The first kappa shape index (κ1) is 13.6. The van der Waals surface area contributed by atoms with Gasteiger partial charge < -0.3 is 10.4 Å². The molecule has 0 fully saturated rings. The fraction of sp³-hybridized carbons (Fsp3) is 0.133. The molecule has 1 amide bonds. The number of carbonyl (C=O) groups is 1. The minimum absolute atomic E-state index is 0.124. The van der Waals surface area contributed by atoms with Crippen molar-refractivity contribution < 1.29 is 9.90 Å². The second-order valence-corrected chi connectivity index (χ2v) is 5.17. The minimum atomic E-state index is -0.227. The van der Waals surface area contributed by atoms with Crippen LogP contribution < -0.4 is 5.32 Å². The molecule has 98 valence electrons. The Morgan fingerprint density at radius 3 is 2.53 bits per heavy atom. The van der Waals surface area contributed by atoms with E-state index in [4.69, 9.17) is 0 Å². The van der Waals surface area contributed by atoms with Crippen LogP contribution in [0, 0.1) is 13.8 Å². The van der Waals surface area contributed by atoms with E-state index in [0.717, 1.165) is 15.7 Å². The molecule has 0 aliphatic heterocycles. The summed E-state index contributed by atoms with van der Waals surface area (Å²) in [6, 6.07) is 10.5. The molecule has 2 aromatic rings. The van der Waals surface area contributed by atoms with Crippen molar-refractivity contribution in [1.29, 1.82) is 0 Å². The summed E-state index contributed by atoms with van der Waals surface area (Å²) in [6.45, 7) is 3.65. The van der Waals surface area contributed by atoms with Crippen LogP contribution >= 0.6 is 15.9 Å². The summed E-state index contributed by atoms with van der Waals surface area (Å²) in [6.07, 6.45) is 0. The fourth-order valence-electron chi connectivity index (χ4n) is 1.80. The molecule has 0 aliphatic carbocycles. The highest BCUT2D eigenvalue weighted by Gasteiger charge is 2.12. The average molecular weight is 320 g/mol. The van der Waals surface area contributed by atoms with Crippen molar-refractivity contribution in [3.63, 3.8) is 0 Å². The fourth-order valence-corrected chi connectivity index (χ4v) is 2.17. The molecule has 4 heteroatoms. The van der Waals surface area contributed by atoms with Crippen molar-refractivity contribution >= 4 is 27.5 Å². The summed E-state index contributed by atoms with van der Waals surface area (Å²) >= 11 is 3.43. The Hall–Kier alpha value is -1.81. The first-order valence-corrected chi connectivity index (χ1v) is 6.65. The molecule has 0 heterocycles. The van der Waals surface area contributed by atoms with Crippen LogP contribution in [0.4, 0.5) is 5.69 Å². The average Bonchev–Trinajstić information content (AvgIpc) is 2.38. The van der Waals surface area contributed by atoms with Gasteiger partial charge in [0.1, 0.15) is 5.75 Å². The zero-order valence-electron chi connectivity index (χ0n) is 10.7. The van der Waals surface area contributed by atoms with Gasteiger partial charge in [-0.2, -0.15) is 0 Å². The molecule has 2 N–H and O–H groups in total. The molecular formula is C15H14BrNO2. The van der Waals surface area contributed by atoms with Crippen LogP contribution in [0.1, 0.15) is 21.5 Å². The molecule has 0 saturated carbocycles. The molecule has 2 rings (SSSR count). The Bertz CT molecular complexity index is 638. The highest BCUT2D eigenvalue weighted by molar-refractivity contribution is 9.10. The number of rotatable bonds is 2. The van der Waals surface area contributed by atoms with E-state index in [0.29, 0.717) is 11.1 Å². The number of hydrogen-bond donors (Lipinski definition) is 2. The molecule has 0 spiro atoms. The van der Waals surface area contributed by atoms with E-state index in [1.54, 1.807) is 25.1 Å². The van der Waals surface area contributed by atoms with Crippen molar-refractivity contribution in [1.82, 2.24) is 0 Å². The second kappa shape index (κ2) is 5.45. The predicted octanol–water partition coefficient (Wildman–Crippen LogP) is 4.02. The largest absolute Gasteiger partial charge is 0.508 e. The van der Waals surface area contributed by atoms with Crippen molar-refractivity contribution in [3.8, 4) is 5.75 Å². The van der Waals surface area contributed by atoms with Gasteiger partial charge in [-0.15, -0.1) is 0 Å². The lowest BCUT2D eigenvalue weighted by Gasteiger charge is -2.11. The molecule has 0 bridgehead atoms. The lowest BCUT2D eigenvalue weighted by atomic mass is 10.1. The Morgan fingerprint density at radius 2 is 1.79 bits per heavy atom. The number of amides is 1. The SMILES string of the molecule is Cc1c(Br)cccc1NC(=O)c1cccc(O)c1C. The van der Waals surface area contributed by atoms with Crippen LogP contribution in [0.5, 0.6) is 5.75 Å². The summed E-state index contributed by atoms with van der Waals surface area (Å²) in [4.78, 5) is 12.2. The highest BCUT2D eigenvalue weighted by Crippen LogP contribution is 2.25. The molecule has 3 nitrogen and oxygen atoms in total. The first-order chi connectivity index (χ1) is 9.00. The van der Waals surface area contributed by atoms with Crippen LogP contribution in [0.2, 0.25) is 0 Å². The van der Waals surface area contributed by atoms with Gasteiger partial charge in [0.2, 0.25) is 0 Å². The maximum atomic E-state index is 12.2. The number of phenols is 1. The number of phenolic OH excluding ortho intramolecular Hbond substituents is 1. The summed E-state index contributed by atoms with van der Waals surface area (Å²) in [5, 5.41) is 12.5. The summed E-state index contributed by atoms with van der Waals surface area (Å²) in [5.41, 5.74) is 2.77. The van der Waals surface area contributed by atoms with Gasteiger partial charge in [0, 0.05) is 21.3 Å². The Labute approximate surface area is 120 Å². The molecule has 0 aliphatic rings. The molecule has 0 radical (unpaired) electrons. The van der Waals surface area contributed by atoms with Gasteiger partial charge in [-0.05, 0) is 43.7 Å². The number of carbonyl (C=O) groups excluding carboxylic acids is 1. The summed E-state index contributed by atoms with van der Waals surface area (Å²) < 4.78 is 0.943. The topological polar surface area (TPSA) is 49.3 Å². The number of halogens is 1. The monoisotopic (exact) mass is 319 g/mol. The van der Waals surface area contributed by atoms with Crippen molar-refractivity contribution in [2.45, 2.75) is 13.8 Å². The highest BCUT2D eigenvalue weighted by atomic mass is 79.9. The zero-order valence-corrected chi connectivity index (χ0v) is 12.3. The third kappa shape index (κ3) is 2.79. The maximum Gasteiger partial charge on any atom is 0.256 e. The van der Waals surface area contributed by atoms with E-state index >= 15 is 0 Å². The number of aromatic hydroxyl groups is 1. The third-order valence-corrected chi connectivity index (χ3v) is 3.92. The number of anilines is 1. The molecule has 19 heavy (non-hydrogen) atoms. The quantitative estimate of drug-likeness (QED) is 0.878. The van der Waals surface area contributed by atoms with E-state index in [-0.39, 0.29) is 11.7 Å². The standard InChI is InChI=1S/C15H14BrNO2/c1-9-11(5-3-8-14(9)18)15(19)17-13-7-4-6-12(16)10(13)2/h3-8,18H,1-2H3,(H,17,19). The lowest BCUT2D eigenvalue weighted by Crippen LogP contribution is -2.14. The van der Waals surface area contributed by atoms with Gasteiger partial charge in [0.05, 0.1) is 0 Å². The molecule has 0 aromatic heterocycles. The van der Waals surface area contributed by atoms with Gasteiger partial charge in [0.25, 0.3) is 5.91 Å². The van der Waals surface area contributed by atoms with E-state index in [1.807, 2.05) is 25.1 Å².